The van der Waals surface area contributed by atoms with Gasteiger partial charge in [0.05, 0.1) is 12.6 Å². The number of fused-ring (bicyclic) bond motifs is 1. The highest BCUT2D eigenvalue weighted by molar-refractivity contribution is 5.92. The number of nitrogens with zero attached hydrogens (tertiary/aromatic N) is 6. The van der Waals surface area contributed by atoms with Crippen LogP contribution in [0.1, 0.15) is 53.9 Å². The summed E-state index contributed by atoms with van der Waals surface area (Å²) in [7, 11) is 2.89. The fraction of sp³-hybridized carbons (Fsp3) is 0.611. The van der Waals surface area contributed by atoms with Crippen molar-refractivity contribution in [3.63, 3.8) is 0 Å². The molecule has 0 saturated carbocycles. The molecule has 28 heavy (non-hydrogen) atoms. The summed E-state index contributed by atoms with van der Waals surface area (Å²) >= 11 is 0. The van der Waals surface area contributed by atoms with Crippen LogP contribution >= 0.6 is 0 Å². The Morgan fingerprint density at radius 3 is 2.57 bits per heavy atom. The fourth-order valence-corrected chi connectivity index (χ4v) is 4.05. The predicted octanol–water partition coefficient (Wildman–Crippen LogP) is -0.213. The molecule has 0 aromatic carbocycles. The Kier molecular flexibility index (Phi) is 4.66. The van der Waals surface area contributed by atoms with Gasteiger partial charge in [-0.3, -0.25) is 18.7 Å². The van der Waals surface area contributed by atoms with Gasteiger partial charge in [0, 0.05) is 45.8 Å². The number of rotatable bonds is 2. The maximum Gasteiger partial charge on any atom is 0.331 e. The minimum Gasteiger partial charge on any atom is -0.381 e. The zero-order valence-electron chi connectivity index (χ0n) is 16.3. The first kappa shape index (κ1) is 18.6. The zero-order chi connectivity index (χ0) is 20.0. The third kappa shape index (κ3) is 2.97. The molecule has 10 heteroatoms. The molecule has 1 saturated heterocycles. The van der Waals surface area contributed by atoms with E-state index in [1.165, 1.54) is 24.7 Å². The molecule has 2 aromatic heterocycles. The third-order valence-electron chi connectivity index (χ3n) is 5.67. The molecule has 1 atom stereocenters. The summed E-state index contributed by atoms with van der Waals surface area (Å²) in [6, 6.07) is 1.21. The number of ether oxygens (including phenoxy) is 1. The van der Waals surface area contributed by atoms with Gasteiger partial charge >= 0.3 is 5.69 Å². The largest absolute Gasteiger partial charge is 0.381 e. The summed E-state index contributed by atoms with van der Waals surface area (Å²) in [5, 5.41) is 8.73. The van der Waals surface area contributed by atoms with Crippen LogP contribution in [0.4, 0.5) is 0 Å². The minimum atomic E-state index is -0.522. The highest BCUT2D eigenvalue weighted by Gasteiger charge is 2.33. The molecule has 0 spiro atoms. The monoisotopic (exact) mass is 388 g/mol. The molecule has 0 aliphatic carbocycles. The lowest BCUT2D eigenvalue weighted by atomic mass is 9.99. The molecule has 1 amide bonds. The Bertz CT molecular complexity index is 1030. The zero-order valence-corrected chi connectivity index (χ0v) is 16.3. The molecule has 1 fully saturated rings. The van der Waals surface area contributed by atoms with Crippen molar-refractivity contribution < 1.29 is 9.53 Å². The number of carbonyl (C=O) groups is 1. The van der Waals surface area contributed by atoms with Crippen LogP contribution in [0, 0.1) is 0 Å². The molecule has 0 unspecified atom stereocenters. The maximum absolute atomic E-state index is 13.0. The highest BCUT2D eigenvalue weighted by Crippen LogP contribution is 2.31. The lowest BCUT2D eigenvalue weighted by Gasteiger charge is -2.34. The van der Waals surface area contributed by atoms with E-state index in [0.717, 1.165) is 42.3 Å². The molecule has 0 radical (unpaired) electrons. The maximum atomic E-state index is 13.0. The van der Waals surface area contributed by atoms with E-state index in [1.54, 1.807) is 4.90 Å². The van der Waals surface area contributed by atoms with Crippen molar-refractivity contribution in [2.45, 2.75) is 38.3 Å². The van der Waals surface area contributed by atoms with Crippen LogP contribution in [0.15, 0.2) is 15.7 Å². The summed E-state index contributed by atoms with van der Waals surface area (Å²) in [5.41, 5.74) is -0.940. The van der Waals surface area contributed by atoms with Crippen LogP contribution in [0.5, 0.6) is 0 Å². The number of hydrogen-bond acceptors (Lipinski definition) is 6. The van der Waals surface area contributed by atoms with Crippen LogP contribution < -0.4 is 11.2 Å². The Morgan fingerprint density at radius 1 is 1.14 bits per heavy atom. The Hall–Kier alpha value is -2.75. The highest BCUT2D eigenvalue weighted by atomic mass is 16.5. The average Bonchev–Trinajstić information content (AvgIpc) is 3.14. The van der Waals surface area contributed by atoms with Crippen molar-refractivity contribution in [1.82, 2.24) is 28.8 Å². The second-order valence-corrected chi connectivity index (χ2v) is 7.53. The van der Waals surface area contributed by atoms with Crippen LogP contribution in [0.25, 0.3) is 0 Å². The van der Waals surface area contributed by atoms with Crippen LogP contribution in [-0.4, -0.2) is 54.5 Å². The van der Waals surface area contributed by atoms with E-state index in [-0.39, 0.29) is 17.6 Å². The summed E-state index contributed by atoms with van der Waals surface area (Å²) in [6.07, 6.45) is 1.84. The normalized spacial score (nSPS) is 20.2. The first-order chi connectivity index (χ1) is 13.4. The second kappa shape index (κ2) is 7.01. The van der Waals surface area contributed by atoms with Crippen molar-refractivity contribution in [2.75, 3.05) is 19.8 Å². The van der Waals surface area contributed by atoms with Crippen molar-refractivity contribution >= 4 is 5.91 Å². The van der Waals surface area contributed by atoms with Crippen molar-refractivity contribution in [3.8, 4) is 0 Å². The number of carbonyl (C=O) groups excluding carboxylic acids is 1. The van der Waals surface area contributed by atoms with Gasteiger partial charge in [-0.25, -0.2) is 4.79 Å². The van der Waals surface area contributed by atoms with Gasteiger partial charge in [0.25, 0.3) is 11.5 Å². The van der Waals surface area contributed by atoms with Gasteiger partial charge in [0.1, 0.15) is 11.5 Å². The molecule has 0 N–H and O–H groups in total. The lowest BCUT2D eigenvalue weighted by molar-refractivity contribution is 0.0657. The molecule has 4 heterocycles. The van der Waals surface area contributed by atoms with E-state index in [1.807, 2.05) is 6.92 Å². The predicted molar refractivity (Wildman–Crippen MR) is 99.2 cm³/mol. The number of amides is 1. The topological polar surface area (TPSA) is 104 Å². The first-order valence-corrected chi connectivity index (χ1v) is 9.46. The van der Waals surface area contributed by atoms with Crippen molar-refractivity contribution in [1.29, 1.82) is 0 Å². The van der Waals surface area contributed by atoms with Gasteiger partial charge in [-0.2, -0.15) is 0 Å². The molecule has 10 nitrogen and oxygen atoms in total. The third-order valence-corrected chi connectivity index (χ3v) is 5.67. The van der Waals surface area contributed by atoms with Crippen molar-refractivity contribution in [3.05, 3.63) is 44.2 Å². The lowest BCUT2D eigenvalue weighted by Crippen LogP contribution is -2.45. The molecule has 2 aromatic rings. The van der Waals surface area contributed by atoms with Crippen molar-refractivity contribution in [2.24, 2.45) is 14.1 Å². The van der Waals surface area contributed by atoms with E-state index in [0.29, 0.717) is 19.0 Å². The van der Waals surface area contributed by atoms with Gasteiger partial charge in [0.15, 0.2) is 5.82 Å². The van der Waals surface area contributed by atoms with Gasteiger partial charge < -0.3 is 14.2 Å². The molecule has 150 valence electrons. The van der Waals surface area contributed by atoms with Gasteiger partial charge in [-0.05, 0) is 19.8 Å². The minimum absolute atomic E-state index is 0.00381. The summed E-state index contributed by atoms with van der Waals surface area (Å²) in [5.74, 6) is 1.64. The smallest absolute Gasteiger partial charge is 0.331 e. The van der Waals surface area contributed by atoms with E-state index in [2.05, 4.69) is 14.8 Å². The summed E-state index contributed by atoms with van der Waals surface area (Å²) < 4.78 is 9.76. The SMILES string of the molecule is C[C@H]1CN(C(=O)c2cc(=O)n(C)c(=O)n2C)Cc2nnc(C3CCOCC3)n21. The molecular formula is C18H24N6O4. The van der Waals surface area contributed by atoms with Crippen LogP contribution in [0.3, 0.4) is 0 Å². The number of hydrogen-bond donors (Lipinski definition) is 0. The van der Waals surface area contributed by atoms with Crippen LogP contribution in [-0.2, 0) is 25.4 Å². The van der Waals surface area contributed by atoms with E-state index in [4.69, 9.17) is 4.74 Å². The number of aromatic nitrogens is 5. The van der Waals surface area contributed by atoms with Gasteiger partial charge in [-0.15, -0.1) is 10.2 Å². The van der Waals surface area contributed by atoms with Gasteiger partial charge in [-0.1, -0.05) is 0 Å². The summed E-state index contributed by atoms with van der Waals surface area (Å²) in [6.45, 7) is 4.23. The summed E-state index contributed by atoms with van der Waals surface area (Å²) in [4.78, 5) is 38.8. The average molecular weight is 388 g/mol. The van der Waals surface area contributed by atoms with Gasteiger partial charge in [0.2, 0.25) is 0 Å². The standard InChI is InChI=1S/C18H24N6O4/c1-11-9-23(17(26)13-8-15(25)22(3)18(27)21(13)2)10-14-19-20-16(24(11)14)12-4-6-28-7-5-12/h8,11-12H,4-7,9-10H2,1-3H3/t11-/m0/s1. The quantitative estimate of drug-likeness (QED) is 0.705. The molecule has 2 aliphatic rings. The Balaban J connectivity index is 1.64. The molecule has 0 bridgehead atoms. The Labute approximate surface area is 161 Å². The van der Waals surface area contributed by atoms with E-state index in [9.17, 15) is 14.4 Å². The van der Waals surface area contributed by atoms with E-state index < -0.39 is 11.2 Å². The molecular weight excluding hydrogens is 364 g/mol. The first-order valence-electron chi connectivity index (χ1n) is 9.46. The molecule has 4 rings (SSSR count). The van der Waals surface area contributed by atoms with Crippen LogP contribution in [0.2, 0.25) is 0 Å². The molecule has 2 aliphatic heterocycles. The fourth-order valence-electron chi connectivity index (χ4n) is 4.05. The second-order valence-electron chi connectivity index (χ2n) is 7.53. The van der Waals surface area contributed by atoms with E-state index >= 15 is 0 Å². The Morgan fingerprint density at radius 2 is 1.86 bits per heavy atom.